The average Bonchev–Trinajstić information content (AvgIpc) is 2.44. The molecule has 0 saturated carbocycles. The second kappa shape index (κ2) is 6.39. The maximum absolute atomic E-state index is 13.3. The highest BCUT2D eigenvalue weighted by Gasteiger charge is 2.12. The highest BCUT2D eigenvalue weighted by molar-refractivity contribution is 5.75. The molecule has 110 valence electrons. The number of carboxylic acid groups (broad SMARTS) is 1. The average molecular weight is 287 g/mol. The molecule has 0 heterocycles. The Kier molecular flexibility index (Phi) is 4.58. The summed E-state index contributed by atoms with van der Waals surface area (Å²) < 4.78 is 13.3. The van der Waals surface area contributed by atoms with Gasteiger partial charge in [0.1, 0.15) is 5.82 Å². The summed E-state index contributed by atoms with van der Waals surface area (Å²) in [7, 11) is 0. The molecule has 2 aromatic rings. The summed E-state index contributed by atoms with van der Waals surface area (Å²) in [4.78, 5) is 10.9. The molecular weight excluding hydrogens is 269 g/mol. The molecule has 2 rings (SSSR count). The summed E-state index contributed by atoms with van der Waals surface area (Å²) in [6.45, 7) is 4.06. The number of aryl methyl sites for hydroxylation is 1. The van der Waals surface area contributed by atoms with Gasteiger partial charge >= 0.3 is 5.97 Å². The third-order valence-electron chi connectivity index (χ3n) is 3.39. The molecule has 0 bridgehead atoms. The Morgan fingerprint density at radius 1 is 1.24 bits per heavy atom. The summed E-state index contributed by atoms with van der Waals surface area (Å²) in [6, 6.07) is 12.2. The van der Waals surface area contributed by atoms with Crippen molar-refractivity contribution in [3.8, 4) is 0 Å². The second-order valence-electron chi connectivity index (χ2n) is 5.17. The Morgan fingerprint density at radius 2 is 1.90 bits per heavy atom. The predicted octanol–water partition coefficient (Wildman–Crippen LogP) is 3.93. The van der Waals surface area contributed by atoms with E-state index in [1.54, 1.807) is 6.92 Å². The van der Waals surface area contributed by atoms with Gasteiger partial charge < -0.3 is 10.4 Å². The summed E-state index contributed by atoms with van der Waals surface area (Å²) >= 11 is 0. The number of benzene rings is 2. The number of rotatable bonds is 5. The number of carboxylic acids is 1. The molecule has 0 amide bonds. The molecule has 2 N–H and O–H groups in total. The van der Waals surface area contributed by atoms with Crippen LogP contribution in [0.5, 0.6) is 0 Å². The molecule has 0 aliphatic carbocycles. The molecule has 0 aliphatic heterocycles. The zero-order chi connectivity index (χ0) is 15.4. The number of carbonyl (C=O) groups is 1. The van der Waals surface area contributed by atoms with Crippen molar-refractivity contribution in [3.63, 3.8) is 0 Å². The highest BCUT2D eigenvalue weighted by atomic mass is 19.1. The van der Waals surface area contributed by atoms with Crippen LogP contribution in [-0.4, -0.2) is 11.1 Å². The number of nitrogens with one attached hydrogen (secondary N) is 1. The van der Waals surface area contributed by atoms with Gasteiger partial charge in [-0.2, -0.15) is 0 Å². The fraction of sp³-hybridized carbons (Fsp3) is 0.235. The molecule has 0 saturated heterocycles. The molecule has 2 aromatic carbocycles. The SMILES string of the molecule is Cc1cc(F)cc(NCc2ccc(C(C)C(=O)O)cc2)c1. The van der Waals surface area contributed by atoms with Crippen molar-refractivity contribution < 1.29 is 14.3 Å². The van der Waals surface area contributed by atoms with Crippen molar-refractivity contribution >= 4 is 11.7 Å². The third kappa shape index (κ3) is 4.05. The second-order valence-corrected chi connectivity index (χ2v) is 5.17. The molecule has 21 heavy (non-hydrogen) atoms. The summed E-state index contributed by atoms with van der Waals surface area (Å²) in [5.41, 5.74) is 3.38. The topological polar surface area (TPSA) is 49.3 Å². The van der Waals surface area contributed by atoms with E-state index in [1.165, 1.54) is 12.1 Å². The number of anilines is 1. The Balaban J connectivity index is 2.02. The number of aliphatic carboxylic acids is 1. The van der Waals surface area contributed by atoms with Crippen molar-refractivity contribution in [1.29, 1.82) is 0 Å². The molecule has 0 aromatic heterocycles. The van der Waals surface area contributed by atoms with Gasteiger partial charge in [0.05, 0.1) is 5.92 Å². The van der Waals surface area contributed by atoms with Crippen LogP contribution in [0.1, 0.15) is 29.5 Å². The fourth-order valence-electron chi connectivity index (χ4n) is 2.11. The van der Waals surface area contributed by atoms with Crippen LogP contribution in [0.4, 0.5) is 10.1 Å². The van der Waals surface area contributed by atoms with Gasteiger partial charge in [0.25, 0.3) is 0 Å². The van der Waals surface area contributed by atoms with Gasteiger partial charge in [0.2, 0.25) is 0 Å². The largest absolute Gasteiger partial charge is 0.481 e. The van der Waals surface area contributed by atoms with Crippen LogP contribution in [-0.2, 0) is 11.3 Å². The Hall–Kier alpha value is -2.36. The molecule has 4 heteroatoms. The highest BCUT2D eigenvalue weighted by Crippen LogP contribution is 2.18. The van der Waals surface area contributed by atoms with E-state index >= 15 is 0 Å². The first-order valence-corrected chi connectivity index (χ1v) is 6.78. The van der Waals surface area contributed by atoms with Gasteiger partial charge in [0, 0.05) is 12.2 Å². The van der Waals surface area contributed by atoms with E-state index < -0.39 is 11.9 Å². The molecule has 1 unspecified atom stereocenters. The van der Waals surface area contributed by atoms with E-state index in [2.05, 4.69) is 5.32 Å². The molecule has 3 nitrogen and oxygen atoms in total. The van der Waals surface area contributed by atoms with E-state index in [0.29, 0.717) is 6.54 Å². The first kappa shape index (κ1) is 15.0. The zero-order valence-corrected chi connectivity index (χ0v) is 12.1. The van der Waals surface area contributed by atoms with Crippen molar-refractivity contribution in [2.24, 2.45) is 0 Å². The van der Waals surface area contributed by atoms with Crippen LogP contribution in [0.3, 0.4) is 0 Å². The molecular formula is C17H18FNO2. The van der Waals surface area contributed by atoms with Gasteiger partial charge in [-0.15, -0.1) is 0 Å². The summed E-state index contributed by atoms with van der Waals surface area (Å²) in [6.07, 6.45) is 0. The van der Waals surface area contributed by atoms with E-state index in [1.807, 2.05) is 37.3 Å². The first-order valence-electron chi connectivity index (χ1n) is 6.78. The smallest absolute Gasteiger partial charge is 0.310 e. The third-order valence-corrected chi connectivity index (χ3v) is 3.39. The van der Waals surface area contributed by atoms with Gasteiger partial charge in [-0.05, 0) is 48.7 Å². The summed E-state index contributed by atoms with van der Waals surface area (Å²) in [5, 5.41) is 12.1. The van der Waals surface area contributed by atoms with Crippen molar-refractivity contribution in [3.05, 3.63) is 65.0 Å². The molecule has 0 spiro atoms. The van der Waals surface area contributed by atoms with Crippen molar-refractivity contribution in [2.45, 2.75) is 26.3 Å². The molecule has 0 aliphatic rings. The minimum Gasteiger partial charge on any atom is -0.481 e. The van der Waals surface area contributed by atoms with Gasteiger partial charge in [0.15, 0.2) is 0 Å². The maximum atomic E-state index is 13.3. The lowest BCUT2D eigenvalue weighted by Crippen LogP contribution is -2.07. The van der Waals surface area contributed by atoms with E-state index in [-0.39, 0.29) is 5.82 Å². The lowest BCUT2D eigenvalue weighted by Gasteiger charge is -2.10. The molecule has 0 radical (unpaired) electrons. The van der Waals surface area contributed by atoms with E-state index in [4.69, 9.17) is 5.11 Å². The van der Waals surface area contributed by atoms with Crippen LogP contribution in [0, 0.1) is 12.7 Å². The normalized spacial score (nSPS) is 12.0. The standard InChI is InChI=1S/C17H18FNO2/c1-11-7-15(18)9-16(8-11)19-10-13-3-5-14(6-4-13)12(2)17(20)21/h3-9,12,19H,10H2,1-2H3,(H,20,21). The Bertz CT molecular complexity index is 617. The van der Waals surface area contributed by atoms with Crippen LogP contribution >= 0.6 is 0 Å². The number of hydrogen-bond acceptors (Lipinski definition) is 2. The molecule has 0 fully saturated rings. The maximum Gasteiger partial charge on any atom is 0.310 e. The van der Waals surface area contributed by atoms with E-state index in [0.717, 1.165) is 22.4 Å². The van der Waals surface area contributed by atoms with Gasteiger partial charge in [-0.25, -0.2) is 4.39 Å². The van der Waals surface area contributed by atoms with Crippen LogP contribution in [0.25, 0.3) is 0 Å². The number of halogens is 1. The Labute approximate surface area is 123 Å². The zero-order valence-electron chi connectivity index (χ0n) is 12.1. The number of hydrogen-bond donors (Lipinski definition) is 2. The van der Waals surface area contributed by atoms with Gasteiger partial charge in [-0.3, -0.25) is 4.79 Å². The van der Waals surface area contributed by atoms with Crippen molar-refractivity contribution in [2.75, 3.05) is 5.32 Å². The van der Waals surface area contributed by atoms with Crippen molar-refractivity contribution in [1.82, 2.24) is 0 Å². The lowest BCUT2D eigenvalue weighted by molar-refractivity contribution is -0.138. The minimum atomic E-state index is -0.837. The van der Waals surface area contributed by atoms with Crippen LogP contribution < -0.4 is 5.32 Å². The van der Waals surface area contributed by atoms with E-state index in [9.17, 15) is 9.18 Å². The Morgan fingerprint density at radius 3 is 2.48 bits per heavy atom. The van der Waals surface area contributed by atoms with Crippen LogP contribution in [0.2, 0.25) is 0 Å². The fourth-order valence-corrected chi connectivity index (χ4v) is 2.11. The van der Waals surface area contributed by atoms with Crippen LogP contribution in [0.15, 0.2) is 42.5 Å². The summed E-state index contributed by atoms with van der Waals surface area (Å²) in [5.74, 6) is -1.61. The molecule has 1 atom stereocenters. The van der Waals surface area contributed by atoms with Gasteiger partial charge in [-0.1, -0.05) is 24.3 Å². The quantitative estimate of drug-likeness (QED) is 0.876. The minimum absolute atomic E-state index is 0.261. The predicted molar refractivity (Wildman–Crippen MR) is 81.0 cm³/mol. The monoisotopic (exact) mass is 287 g/mol. The first-order chi connectivity index (χ1) is 9.95. The lowest BCUT2D eigenvalue weighted by atomic mass is 10.00.